The Bertz CT molecular complexity index is 483. The fourth-order valence-electron chi connectivity index (χ4n) is 1.67. The first-order valence-electron chi connectivity index (χ1n) is 6.27. The molecule has 0 saturated heterocycles. The molecule has 1 aromatic rings. The molecule has 0 radical (unpaired) electrons. The van der Waals surface area contributed by atoms with E-state index in [0.29, 0.717) is 13.0 Å². The molecule has 0 aliphatic carbocycles. The number of benzene rings is 1. The van der Waals surface area contributed by atoms with E-state index in [9.17, 15) is 8.42 Å². The van der Waals surface area contributed by atoms with Crippen molar-refractivity contribution in [2.24, 2.45) is 5.73 Å². The zero-order chi connectivity index (χ0) is 14.5. The summed E-state index contributed by atoms with van der Waals surface area (Å²) in [5.74, 6) is 0. The molecular weight excluding hydrogens is 264 g/mol. The number of rotatable bonds is 7. The van der Waals surface area contributed by atoms with Crippen LogP contribution in [0.4, 0.5) is 0 Å². The predicted octanol–water partition coefficient (Wildman–Crippen LogP) is 1.41. The van der Waals surface area contributed by atoms with Crippen LogP contribution in [-0.4, -0.2) is 28.2 Å². The first kappa shape index (κ1) is 16.1. The molecule has 0 heterocycles. The van der Waals surface area contributed by atoms with Crippen LogP contribution in [0.25, 0.3) is 0 Å². The lowest BCUT2D eigenvalue weighted by Gasteiger charge is -2.16. The molecular formula is C13H22N2O3S. The third-order valence-corrected chi connectivity index (χ3v) is 4.44. The van der Waals surface area contributed by atoms with Crippen LogP contribution in [0.2, 0.25) is 0 Å². The predicted molar refractivity (Wildman–Crippen MR) is 75.3 cm³/mol. The molecule has 2 atom stereocenters. The van der Waals surface area contributed by atoms with Gasteiger partial charge in [0.15, 0.2) is 0 Å². The Kier molecular flexibility index (Phi) is 5.93. The molecule has 3 N–H and O–H groups in total. The number of sulfonamides is 1. The lowest BCUT2D eigenvalue weighted by atomic mass is 10.1. The minimum absolute atomic E-state index is 0.110. The van der Waals surface area contributed by atoms with Crippen molar-refractivity contribution in [1.82, 2.24) is 4.72 Å². The highest BCUT2D eigenvalue weighted by Crippen LogP contribution is 2.15. The standard InChI is InChI=1S/C13H22N2O3S/c1-4-12(9-18-3)15-19(16,17)13-7-5-11(6-8-13)10(2)14/h5-8,10,12,15H,4,9,14H2,1-3H3. The number of methoxy groups -OCH3 is 1. The summed E-state index contributed by atoms with van der Waals surface area (Å²) in [6, 6.07) is 6.28. The summed E-state index contributed by atoms with van der Waals surface area (Å²) in [4.78, 5) is 0.242. The van der Waals surface area contributed by atoms with Crippen molar-refractivity contribution in [3.63, 3.8) is 0 Å². The molecule has 108 valence electrons. The topological polar surface area (TPSA) is 81.4 Å². The number of hydrogen-bond acceptors (Lipinski definition) is 4. The summed E-state index contributed by atoms with van der Waals surface area (Å²) < 4.78 is 31.9. The first-order chi connectivity index (χ1) is 8.90. The Balaban J connectivity index is 2.87. The molecule has 1 rings (SSSR count). The minimum Gasteiger partial charge on any atom is -0.383 e. The number of nitrogens with one attached hydrogen (secondary N) is 1. The van der Waals surface area contributed by atoms with E-state index in [1.807, 2.05) is 13.8 Å². The van der Waals surface area contributed by atoms with Crippen LogP contribution in [0.3, 0.4) is 0 Å². The maximum atomic E-state index is 12.2. The van der Waals surface area contributed by atoms with Crippen molar-refractivity contribution in [2.45, 2.75) is 37.2 Å². The van der Waals surface area contributed by atoms with Crippen molar-refractivity contribution in [1.29, 1.82) is 0 Å². The maximum absolute atomic E-state index is 12.2. The van der Waals surface area contributed by atoms with Gasteiger partial charge in [0.2, 0.25) is 10.0 Å². The summed E-state index contributed by atoms with van der Waals surface area (Å²) in [6.07, 6.45) is 0.672. The SMILES string of the molecule is CCC(COC)NS(=O)(=O)c1ccc(C(C)N)cc1. The Morgan fingerprint density at radius 3 is 2.32 bits per heavy atom. The summed E-state index contributed by atoms with van der Waals surface area (Å²) in [5.41, 5.74) is 6.64. The fourth-order valence-corrected chi connectivity index (χ4v) is 2.98. The molecule has 0 fully saturated rings. The van der Waals surface area contributed by atoms with Crippen LogP contribution >= 0.6 is 0 Å². The van der Waals surface area contributed by atoms with Crippen LogP contribution in [0.15, 0.2) is 29.2 Å². The van der Waals surface area contributed by atoms with E-state index in [-0.39, 0.29) is 17.0 Å². The van der Waals surface area contributed by atoms with E-state index >= 15 is 0 Å². The van der Waals surface area contributed by atoms with E-state index in [4.69, 9.17) is 10.5 Å². The number of hydrogen-bond donors (Lipinski definition) is 2. The third-order valence-electron chi connectivity index (χ3n) is 2.90. The fraction of sp³-hybridized carbons (Fsp3) is 0.538. The van der Waals surface area contributed by atoms with Crippen molar-refractivity contribution in [3.8, 4) is 0 Å². The molecule has 6 heteroatoms. The third kappa shape index (κ3) is 4.58. The number of nitrogens with two attached hydrogens (primary N) is 1. The zero-order valence-electron chi connectivity index (χ0n) is 11.6. The molecule has 0 saturated carbocycles. The smallest absolute Gasteiger partial charge is 0.240 e. The molecule has 0 bridgehead atoms. The second-order valence-corrected chi connectivity index (χ2v) is 6.25. The van der Waals surface area contributed by atoms with Crippen molar-refractivity contribution in [2.75, 3.05) is 13.7 Å². The van der Waals surface area contributed by atoms with Gasteiger partial charge in [-0.2, -0.15) is 0 Å². The first-order valence-corrected chi connectivity index (χ1v) is 7.75. The van der Waals surface area contributed by atoms with Gasteiger partial charge in [0, 0.05) is 19.2 Å². The van der Waals surface area contributed by atoms with Gasteiger partial charge in [-0.15, -0.1) is 0 Å². The Hall–Kier alpha value is -0.950. The van der Waals surface area contributed by atoms with Gasteiger partial charge in [0.25, 0.3) is 0 Å². The van der Waals surface area contributed by atoms with Gasteiger partial charge >= 0.3 is 0 Å². The van der Waals surface area contributed by atoms with Gasteiger partial charge in [0.1, 0.15) is 0 Å². The van der Waals surface area contributed by atoms with Crippen molar-refractivity contribution in [3.05, 3.63) is 29.8 Å². The molecule has 2 unspecified atom stereocenters. The largest absolute Gasteiger partial charge is 0.383 e. The molecule has 0 spiro atoms. The normalized spacial score (nSPS) is 15.2. The van der Waals surface area contributed by atoms with Crippen LogP contribution in [0.5, 0.6) is 0 Å². The molecule has 5 nitrogen and oxygen atoms in total. The van der Waals surface area contributed by atoms with Crippen LogP contribution in [-0.2, 0) is 14.8 Å². The monoisotopic (exact) mass is 286 g/mol. The van der Waals surface area contributed by atoms with Gasteiger partial charge in [0.05, 0.1) is 11.5 Å². The summed E-state index contributed by atoms with van der Waals surface area (Å²) >= 11 is 0. The summed E-state index contributed by atoms with van der Waals surface area (Å²) in [7, 11) is -1.96. The molecule has 19 heavy (non-hydrogen) atoms. The highest BCUT2D eigenvalue weighted by molar-refractivity contribution is 7.89. The van der Waals surface area contributed by atoms with Gasteiger partial charge in [-0.3, -0.25) is 0 Å². The lowest BCUT2D eigenvalue weighted by molar-refractivity contribution is 0.173. The van der Waals surface area contributed by atoms with Gasteiger partial charge in [-0.05, 0) is 31.0 Å². The van der Waals surface area contributed by atoms with Crippen LogP contribution in [0, 0.1) is 0 Å². The van der Waals surface area contributed by atoms with Gasteiger partial charge in [-0.1, -0.05) is 19.1 Å². The van der Waals surface area contributed by atoms with E-state index in [2.05, 4.69) is 4.72 Å². The average Bonchev–Trinajstić information content (AvgIpc) is 2.38. The van der Waals surface area contributed by atoms with Crippen LogP contribution < -0.4 is 10.5 Å². The molecule has 0 amide bonds. The zero-order valence-corrected chi connectivity index (χ0v) is 12.4. The lowest BCUT2D eigenvalue weighted by Crippen LogP contribution is -2.37. The quantitative estimate of drug-likeness (QED) is 0.794. The highest BCUT2D eigenvalue weighted by atomic mass is 32.2. The summed E-state index contributed by atoms with van der Waals surface area (Å²) in [5, 5.41) is 0. The van der Waals surface area contributed by atoms with Crippen LogP contribution in [0.1, 0.15) is 31.9 Å². The average molecular weight is 286 g/mol. The van der Waals surface area contributed by atoms with E-state index in [1.165, 1.54) is 0 Å². The maximum Gasteiger partial charge on any atom is 0.240 e. The minimum atomic E-state index is -3.51. The highest BCUT2D eigenvalue weighted by Gasteiger charge is 2.18. The summed E-state index contributed by atoms with van der Waals surface area (Å²) in [6.45, 7) is 4.12. The molecule has 0 aliphatic heterocycles. The Morgan fingerprint density at radius 2 is 1.89 bits per heavy atom. The molecule has 0 aromatic heterocycles. The molecule has 0 aliphatic rings. The Morgan fingerprint density at radius 1 is 1.32 bits per heavy atom. The van der Waals surface area contributed by atoms with Crippen molar-refractivity contribution < 1.29 is 13.2 Å². The second-order valence-electron chi connectivity index (χ2n) is 4.54. The van der Waals surface area contributed by atoms with E-state index in [0.717, 1.165) is 5.56 Å². The Labute approximate surface area is 115 Å². The van der Waals surface area contributed by atoms with Gasteiger partial charge < -0.3 is 10.5 Å². The van der Waals surface area contributed by atoms with E-state index < -0.39 is 10.0 Å². The number of ether oxygens (including phenoxy) is 1. The van der Waals surface area contributed by atoms with Gasteiger partial charge in [-0.25, -0.2) is 13.1 Å². The van der Waals surface area contributed by atoms with Crippen molar-refractivity contribution >= 4 is 10.0 Å². The van der Waals surface area contributed by atoms with E-state index in [1.54, 1.807) is 31.4 Å². The second kappa shape index (κ2) is 7.00. The molecule has 1 aromatic carbocycles.